The average molecular weight is 350 g/mol. The Bertz CT molecular complexity index is 894. The van der Waals surface area contributed by atoms with Crippen LogP contribution in [0.1, 0.15) is 35.3 Å². The summed E-state index contributed by atoms with van der Waals surface area (Å²) in [4.78, 5) is 16.5. The van der Waals surface area contributed by atoms with E-state index in [1.165, 1.54) is 17.0 Å². The molecule has 0 bridgehead atoms. The Morgan fingerprint density at radius 2 is 2.08 bits per heavy atom. The zero-order chi connectivity index (χ0) is 17.8. The van der Waals surface area contributed by atoms with Gasteiger partial charge in [-0.2, -0.15) is 0 Å². The second-order valence-corrected chi connectivity index (χ2v) is 6.43. The second kappa shape index (κ2) is 7.58. The molecular weight excluding hydrogens is 328 g/mol. The van der Waals surface area contributed by atoms with Crippen LogP contribution >= 0.6 is 0 Å². The summed E-state index contributed by atoms with van der Waals surface area (Å²) in [5.41, 5.74) is 1.40. The molecule has 3 N–H and O–H groups in total. The first-order valence-electron chi connectivity index (χ1n) is 9.00. The van der Waals surface area contributed by atoms with Crippen molar-refractivity contribution in [3.8, 4) is 0 Å². The highest BCUT2D eigenvalue weighted by Crippen LogP contribution is 2.23. The van der Waals surface area contributed by atoms with Crippen LogP contribution in [-0.4, -0.2) is 30.5 Å². The topological polar surface area (TPSA) is 79.2 Å². The summed E-state index contributed by atoms with van der Waals surface area (Å²) in [6.45, 7) is 2.11. The van der Waals surface area contributed by atoms with Crippen LogP contribution in [-0.2, 0) is 0 Å². The number of amides is 1. The lowest BCUT2D eigenvalue weighted by atomic mass is 10.1. The first-order valence-corrected chi connectivity index (χ1v) is 9.00. The second-order valence-electron chi connectivity index (χ2n) is 6.43. The largest absolute Gasteiger partial charge is 0.446 e. The Morgan fingerprint density at radius 3 is 2.96 bits per heavy atom. The number of carbonyl (C=O) groups excluding carboxylic acids is 1. The Balaban J connectivity index is 1.30. The van der Waals surface area contributed by atoms with E-state index in [9.17, 15) is 4.79 Å². The van der Waals surface area contributed by atoms with Gasteiger partial charge in [-0.3, -0.25) is 4.79 Å². The van der Waals surface area contributed by atoms with Crippen molar-refractivity contribution in [2.45, 2.75) is 18.9 Å². The molecular formula is C20H22N4O2. The lowest BCUT2D eigenvalue weighted by molar-refractivity contribution is 0.0950. The van der Waals surface area contributed by atoms with E-state index in [-0.39, 0.29) is 11.9 Å². The molecule has 6 heteroatoms. The lowest BCUT2D eigenvalue weighted by Gasteiger charge is -2.10. The van der Waals surface area contributed by atoms with Gasteiger partial charge in [-0.15, -0.1) is 0 Å². The Morgan fingerprint density at radius 1 is 1.19 bits per heavy atom. The molecule has 6 nitrogen and oxygen atoms in total. The monoisotopic (exact) mass is 350 g/mol. The van der Waals surface area contributed by atoms with Crippen molar-refractivity contribution in [1.82, 2.24) is 15.6 Å². The molecule has 1 fully saturated rings. The van der Waals surface area contributed by atoms with Crippen LogP contribution in [0.25, 0.3) is 10.8 Å². The summed E-state index contributed by atoms with van der Waals surface area (Å²) >= 11 is 0. The van der Waals surface area contributed by atoms with Crippen molar-refractivity contribution in [3.63, 3.8) is 0 Å². The third-order valence-corrected chi connectivity index (χ3v) is 4.63. The van der Waals surface area contributed by atoms with Gasteiger partial charge in [0.25, 0.3) is 5.91 Å². The SMILES string of the molecule is O=C(NCCNc1cccc2ccccc12)c1coc(C2CCCN2)n1. The van der Waals surface area contributed by atoms with Crippen molar-refractivity contribution < 1.29 is 9.21 Å². The molecule has 1 aliphatic rings. The molecule has 1 aliphatic heterocycles. The Kier molecular flexibility index (Phi) is 4.84. The third kappa shape index (κ3) is 3.55. The highest BCUT2D eigenvalue weighted by molar-refractivity contribution is 5.94. The molecule has 0 spiro atoms. The predicted molar refractivity (Wildman–Crippen MR) is 101 cm³/mol. The van der Waals surface area contributed by atoms with Gasteiger partial charge < -0.3 is 20.4 Å². The molecule has 1 saturated heterocycles. The van der Waals surface area contributed by atoms with E-state index < -0.39 is 0 Å². The maximum Gasteiger partial charge on any atom is 0.273 e. The van der Waals surface area contributed by atoms with Crippen LogP contribution < -0.4 is 16.0 Å². The van der Waals surface area contributed by atoms with Crippen molar-refractivity contribution in [1.29, 1.82) is 0 Å². The summed E-state index contributed by atoms with van der Waals surface area (Å²) in [7, 11) is 0. The van der Waals surface area contributed by atoms with Crippen LogP contribution in [0.5, 0.6) is 0 Å². The fourth-order valence-electron chi connectivity index (χ4n) is 3.29. The van der Waals surface area contributed by atoms with Gasteiger partial charge in [-0.25, -0.2) is 4.98 Å². The summed E-state index contributed by atoms with van der Waals surface area (Å²) in [5.74, 6) is 0.388. The first kappa shape index (κ1) is 16.6. The maximum atomic E-state index is 12.2. The minimum Gasteiger partial charge on any atom is -0.446 e. The number of nitrogens with zero attached hydrogens (tertiary/aromatic N) is 1. The zero-order valence-electron chi connectivity index (χ0n) is 14.5. The molecule has 2 aromatic carbocycles. The number of oxazole rings is 1. The molecule has 1 amide bonds. The van der Waals surface area contributed by atoms with Gasteiger partial charge in [-0.05, 0) is 30.8 Å². The normalized spacial score (nSPS) is 16.7. The van der Waals surface area contributed by atoms with Crippen LogP contribution in [0.3, 0.4) is 0 Å². The minimum atomic E-state index is -0.210. The average Bonchev–Trinajstić information content (AvgIpc) is 3.36. The van der Waals surface area contributed by atoms with Crippen LogP contribution in [0, 0.1) is 0 Å². The van der Waals surface area contributed by atoms with E-state index in [1.54, 1.807) is 0 Å². The Hall–Kier alpha value is -2.86. The molecule has 1 unspecified atom stereocenters. The van der Waals surface area contributed by atoms with Gasteiger partial charge in [0.05, 0.1) is 6.04 Å². The van der Waals surface area contributed by atoms with Gasteiger partial charge in [0.2, 0.25) is 5.89 Å². The molecule has 134 valence electrons. The summed E-state index contributed by atoms with van der Waals surface area (Å²) in [5, 5.41) is 11.9. The van der Waals surface area contributed by atoms with E-state index in [4.69, 9.17) is 4.42 Å². The van der Waals surface area contributed by atoms with E-state index in [0.717, 1.165) is 25.1 Å². The molecule has 0 aliphatic carbocycles. The number of anilines is 1. The van der Waals surface area contributed by atoms with Gasteiger partial charge in [0.15, 0.2) is 5.69 Å². The fraction of sp³-hybridized carbons (Fsp3) is 0.300. The zero-order valence-corrected chi connectivity index (χ0v) is 14.5. The fourth-order valence-corrected chi connectivity index (χ4v) is 3.29. The molecule has 26 heavy (non-hydrogen) atoms. The number of hydrogen-bond donors (Lipinski definition) is 3. The molecule has 3 aromatic rings. The van der Waals surface area contributed by atoms with E-state index in [0.29, 0.717) is 24.7 Å². The quantitative estimate of drug-likeness (QED) is 0.596. The molecule has 2 heterocycles. The van der Waals surface area contributed by atoms with Gasteiger partial charge in [0.1, 0.15) is 6.26 Å². The highest BCUT2D eigenvalue weighted by atomic mass is 16.3. The number of fused-ring (bicyclic) bond motifs is 1. The van der Waals surface area contributed by atoms with Crippen molar-refractivity contribution in [3.05, 3.63) is 60.3 Å². The summed E-state index contributed by atoms with van der Waals surface area (Å²) < 4.78 is 5.44. The van der Waals surface area contributed by atoms with Gasteiger partial charge in [-0.1, -0.05) is 36.4 Å². The van der Waals surface area contributed by atoms with E-state index in [2.05, 4.69) is 39.1 Å². The van der Waals surface area contributed by atoms with Crippen molar-refractivity contribution in [2.75, 3.05) is 25.0 Å². The molecule has 0 saturated carbocycles. The van der Waals surface area contributed by atoms with Crippen LogP contribution in [0.4, 0.5) is 5.69 Å². The number of aromatic nitrogens is 1. The number of carbonyl (C=O) groups is 1. The van der Waals surface area contributed by atoms with Crippen LogP contribution in [0.2, 0.25) is 0 Å². The van der Waals surface area contributed by atoms with Crippen molar-refractivity contribution in [2.24, 2.45) is 0 Å². The molecule has 1 atom stereocenters. The third-order valence-electron chi connectivity index (χ3n) is 4.63. The lowest BCUT2D eigenvalue weighted by Crippen LogP contribution is -2.29. The number of rotatable bonds is 6. The molecule has 4 rings (SSSR count). The van der Waals surface area contributed by atoms with Crippen molar-refractivity contribution >= 4 is 22.4 Å². The predicted octanol–water partition coefficient (Wildman–Crippen LogP) is 3.09. The van der Waals surface area contributed by atoms with Crippen LogP contribution in [0.15, 0.2) is 53.1 Å². The van der Waals surface area contributed by atoms with Gasteiger partial charge >= 0.3 is 0 Å². The number of nitrogens with one attached hydrogen (secondary N) is 3. The smallest absolute Gasteiger partial charge is 0.273 e. The Labute approximate surface area is 152 Å². The van der Waals surface area contributed by atoms with Gasteiger partial charge in [0, 0.05) is 24.2 Å². The summed E-state index contributed by atoms with van der Waals surface area (Å²) in [6, 6.07) is 14.5. The number of hydrogen-bond acceptors (Lipinski definition) is 5. The molecule has 1 aromatic heterocycles. The van der Waals surface area contributed by atoms with E-state index >= 15 is 0 Å². The highest BCUT2D eigenvalue weighted by Gasteiger charge is 2.22. The first-order chi connectivity index (χ1) is 12.8. The maximum absolute atomic E-state index is 12.2. The molecule has 0 radical (unpaired) electrons. The number of benzene rings is 2. The standard InChI is InChI=1S/C20H22N4O2/c25-19(18-13-26-20(24-18)17-9-4-10-21-17)23-12-11-22-16-8-3-6-14-5-1-2-7-15(14)16/h1-3,5-8,13,17,21-22H,4,9-12H2,(H,23,25). The van der Waals surface area contributed by atoms with E-state index in [1.807, 2.05) is 24.3 Å². The summed E-state index contributed by atoms with van der Waals surface area (Å²) in [6.07, 6.45) is 3.54. The minimum absolute atomic E-state index is 0.129.